The maximum Gasteiger partial charge on any atom is 0.511 e. The topological polar surface area (TPSA) is 49.8 Å². The normalized spacial score (nSPS) is 15.8. The number of carboxylic acid groups (broad SMARTS) is 1. The monoisotopic (exact) mass is 207 g/mol. The molecule has 15 heavy (non-hydrogen) atoms. The lowest BCUT2D eigenvalue weighted by molar-refractivity contribution is 0.144. The Hall–Kier alpha value is -1.55. The van der Waals surface area contributed by atoms with Gasteiger partial charge in [0, 0.05) is 13.1 Å². The van der Waals surface area contributed by atoms with Crippen LogP contribution in [0, 0.1) is 0 Å². The Kier molecular flexibility index (Phi) is 2.60. The van der Waals surface area contributed by atoms with E-state index in [1.807, 2.05) is 12.1 Å². The highest BCUT2D eigenvalue weighted by molar-refractivity contribution is 5.61. The van der Waals surface area contributed by atoms with Gasteiger partial charge in [-0.2, -0.15) is 0 Å². The number of likely N-dealkylation sites (N-methyl/N-ethyl adjacent to an activating group) is 1. The van der Waals surface area contributed by atoms with E-state index in [0.717, 1.165) is 19.5 Å². The van der Waals surface area contributed by atoms with Gasteiger partial charge in [-0.05, 0) is 36.7 Å². The Morgan fingerprint density at radius 2 is 2.27 bits per heavy atom. The molecule has 0 aromatic heterocycles. The quantitative estimate of drug-likeness (QED) is 0.563. The largest absolute Gasteiger partial charge is 0.511 e. The van der Waals surface area contributed by atoms with Crippen molar-refractivity contribution in [2.75, 3.05) is 13.6 Å². The molecule has 1 aliphatic rings. The van der Waals surface area contributed by atoms with Crippen molar-refractivity contribution in [1.29, 1.82) is 0 Å². The minimum atomic E-state index is -1.26. The molecule has 80 valence electrons. The molecular weight excluding hydrogens is 194 g/mol. The van der Waals surface area contributed by atoms with E-state index in [9.17, 15) is 4.79 Å². The Morgan fingerprint density at radius 3 is 3.00 bits per heavy atom. The fourth-order valence-corrected chi connectivity index (χ4v) is 1.83. The van der Waals surface area contributed by atoms with E-state index < -0.39 is 6.16 Å². The van der Waals surface area contributed by atoms with Crippen molar-refractivity contribution in [3.05, 3.63) is 29.3 Å². The second kappa shape index (κ2) is 3.90. The number of benzene rings is 1. The Labute approximate surface area is 88.1 Å². The summed E-state index contributed by atoms with van der Waals surface area (Å²) in [6.45, 7) is 1.92. The van der Waals surface area contributed by atoms with Crippen LogP contribution in [0.5, 0.6) is 5.75 Å². The molecule has 0 amide bonds. The van der Waals surface area contributed by atoms with Gasteiger partial charge in [0.05, 0.1) is 0 Å². The van der Waals surface area contributed by atoms with Gasteiger partial charge in [-0.15, -0.1) is 0 Å². The van der Waals surface area contributed by atoms with E-state index in [4.69, 9.17) is 5.11 Å². The summed E-state index contributed by atoms with van der Waals surface area (Å²) in [6.07, 6.45) is -0.314. The standard InChI is InChI=1S/C11H13NO3/c1-12-5-4-8-6-10(15-11(13)14)3-2-9(8)7-12/h2-3,6H,4-5,7H2,1H3,(H,13,14). The third-order valence-electron chi connectivity index (χ3n) is 2.59. The Morgan fingerprint density at radius 1 is 1.47 bits per heavy atom. The highest BCUT2D eigenvalue weighted by atomic mass is 16.7. The van der Waals surface area contributed by atoms with E-state index in [1.165, 1.54) is 11.1 Å². The minimum Gasteiger partial charge on any atom is -0.449 e. The van der Waals surface area contributed by atoms with Gasteiger partial charge in [0.1, 0.15) is 5.75 Å². The Bertz CT molecular complexity index is 389. The fourth-order valence-electron chi connectivity index (χ4n) is 1.83. The summed E-state index contributed by atoms with van der Waals surface area (Å²) in [5, 5.41) is 8.48. The van der Waals surface area contributed by atoms with E-state index in [-0.39, 0.29) is 0 Å². The van der Waals surface area contributed by atoms with Gasteiger partial charge in [0.2, 0.25) is 0 Å². The van der Waals surface area contributed by atoms with Gasteiger partial charge in [0.15, 0.2) is 0 Å². The van der Waals surface area contributed by atoms with Crippen LogP contribution in [0.25, 0.3) is 0 Å². The summed E-state index contributed by atoms with van der Waals surface area (Å²) in [7, 11) is 2.07. The first-order valence-electron chi connectivity index (χ1n) is 4.86. The van der Waals surface area contributed by atoms with Crippen molar-refractivity contribution >= 4 is 6.16 Å². The molecular formula is C11H13NO3. The molecule has 0 saturated heterocycles. The van der Waals surface area contributed by atoms with Gasteiger partial charge in [-0.1, -0.05) is 6.07 Å². The molecule has 0 spiro atoms. The molecule has 0 unspecified atom stereocenters. The zero-order valence-corrected chi connectivity index (χ0v) is 8.56. The lowest BCUT2D eigenvalue weighted by Gasteiger charge is -2.24. The maximum absolute atomic E-state index is 10.4. The predicted octanol–water partition coefficient (Wildman–Crippen LogP) is 1.73. The number of hydrogen-bond acceptors (Lipinski definition) is 3. The van der Waals surface area contributed by atoms with Crippen LogP contribution in [0.2, 0.25) is 0 Å². The van der Waals surface area contributed by atoms with Crippen molar-refractivity contribution in [3.8, 4) is 5.75 Å². The predicted molar refractivity (Wildman–Crippen MR) is 55.1 cm³/mol. The highest BCUT2D eigenvalue weighted by Crippen LogP contribution is 2.23. The van der Waals surface area contributed by atoms with Crippen LogP contribution in [0.1, 0.15) is 11.1 Å². The highest BCUT2D eigenvalue weighted by Gasteiger charge is 2.14. The summed E-state index contributed by atoms with van der Waals surface area (Å²) in [5.74, 6) is 0.408. The van der Waals surface area contributed by atoms with Crippen molar-refractivity contribution in [2.24, 2.45) is 0 Å². The average Bonchev–Trinajstić information content (AvgIpc) is 2.17. The van der Waals surface area contributed by atoms with Crippen LogP contribution in [0.3, 0.4) is 0 Å². The van der Waals surface area contributed by atoms with Crippen molar-refractivity contribution < 1.29 is 14.6 Å². The zero-order valence-electron chi connectivity index (χ0n) is 8.56. The van der Waals surface area contributed by atoms with Gasteiger partial charge < -0.3 is 14.7 Å². The third-order valence-corrected chi connectivity index (χ3v) is 2.59. The van der Waals surface area contributed by atoms with E-state index in [0.29, 0.717) is 5.75 Å². The second-order valence-corrected chi connectivity index (χ2v) is 3.79. The van der Waals surface area contributed by atoms with E-state index >= 15 is 0 Å². The van der Waals surface area contributed by atoms with Crippen molar-refractivity contribution in [3.63, 3.8) is 0 Å². The molecule has 2 rings (SSSR count). The smallest absolute Gasteiger partial charge is 0.449 e. The van der Waals surface area contributed by atoms with Gasteiger partial charge in [0.25, 0.3) is 0 Å². The van der Waals surface area contributed by atoms with Gasteiger partial charge >= 0.3 is 6.16 Å². The van der Waals surface area contributed by atoms with Gasteiger partial charge in [-0.25, -0.2) is 4.79 Å². The Balaban J connectivity index is 2.23. The number of ether oxygens (including phenoxy) is 1. The summed E-state index contributed by atoms with van der Waals surface area (Å²) >= 11 is 0. The van der Waals surface area contributed by atoms with E-state index in [1.54, 1.807) is 6.07 Å². The summed E-state index contributed by atoms with van der Waals surface area (Å²) < 4.78 is 4.61. The maximum atomic E-state index is 10.4. The molecule has 0 saturated carbocycles. The number of rotatable bonds is 1. The molecule has 1 aliphatic heterocycles. The zero-order chi connectivity index (χ0) is 10.8. The third kappa shape index (κ3) is 2.27. The molecule has 4 heteroatoms. The summed E-state index contributed by atoms with van der Waals surface area (Å²) in [5.41, 5.74) is 2.44. The molecule has 0 radical (unpaired) electrons. The molecule has 1 heterocycles. The lowest BCUT2D eigenvalue weighted by atomic mass is 10.00. The summed E-state index contributed by atoms with van der Waals surface area (Å²) in [6, 6.07) is 5.45. The number of hydrogen-bond donors (Lipinski definition) is 1. The first kappa shape index (κ1) is 9.98. The molecule has 0 aliphatic carbocycles. The molecule has 4 nitrogen and oxygen atoms in total. The second-order valence-electron chi connectivity index (χ2n) is 3.79. The summed E-state index contributed by atoms with van der Waals surface area (Å²) in [4.78, 5) is 12.6. The van der Waals surface area contributed by atoms with Crippen LogP contribution in [-0.2, 0) is 13.0 Å². The number of fused-ring (bicyclic) bond motifs is 1. The SMILES string of the molecule is CN1CCc2cc(OC(=O)O)ccc2C1. The average molecular weight is 207 g/mol. The number of carbonyl (C=O) groups is 1. The van der Waals surface area contributed by atoms with Crippen LogP contribution in [0.4, 0.5) is 4.79 Å². The van der Waals surface area contributed by atoms with Gasteiger partial charge in [-0.3, -0.25) is 0 Å². The van der Waals surface area contributed by atoms with Crippen molar-refractivity contribution in [2.45, 2.75) is 13.0 Å². The first-order valence-corrected chi connectivity index (χ1v) is 4.86. The minimum absolute atomic E-state index is 0.408. The van der Waals surface area contributed by atoms with Crippen molar-refractivity contribution in [1.82, 2.24) is 4.90 Å². The van der Waals surface area contributed by atoms with Crippen LogP contribution in [-0.4, -0.2) is 29.8 Å². The molecule has 0 fully saturated rings. The van der Waals surface area contributed by atoms with Crippen LogP contribution < -0.4 is 4.74 Å². The molecule has 1 N–H and O–H groups in total. The molecule has 1 aromatic carbocycles. The molecule has 0 bridgehead atoms. The molecule has 0 atom stereocenters. The first-order chi connectivity index (χ1) is 7.15. The lowest BCUT2D eigenvalue weighted by Crippen LogP contribution is -2.26. The van der Waals surface area contributed by atoms with Crippen LogP contribution >= 0.6 is 0 Å². The fraction of sp³-hybridized carbons (Fsp3) is 0.364. The van der Waals surface area contributed by atoms with E-state index in [2.05, 4.69) is 16.7 Å². The number of nitrogens with zero attached hydrogens (tertiary/aromatic N) is 1. The molecule has 1 aromatic rings. The van der Waals surface area contributed by atoms with Crippen LogP contribution in [0.15, 0.2) is 18.2 Å².